The lowest BCUT2D eigenvalue weighted by Crippen LogP contribution is -2.23. The van der Waals surface area contributed by atoms with Gasteiger partial charge in [-0.2, -0.15) is 0 Å². The SMILES string of the molecule is CN(C)CCn1c(=O)oc2ccc(NC(=O)c3cc(-c4cccnc4)nc4ccccc34)cc21. The van der Waals surface area contributed by atoms with Gasteiger partial charge in [0.2, 0.25) is 0 Å². The van der Waals surface area contributed by atoms with Crippen LogP contribution in [0.15, 0.2) is 82.3 Å². The fourth-order valence-electron chi connectivity index (χ4n) is 3.88. The number of amides is 1. The number of para-hydroxylation sites is 1. The Morgan fingerprint density at radius 3 is 2.74 bits per heavy atom. The second kappa shape index (κ2) is 8.92. The first-order valence-electron chi connectivity index (χ1n) is 10.9. The number of carbonyl (C=O) groups excluding carboxylic acids is 1. The Morgan fingerprint density at radius 2 is 1.94 bits per heavy atom. The van der Waals surface area contributed by atoms with Crippen molar-refractivity contribution in [3.63, 3.8) is 0 Å². The number of hydrogen-bond donors (Lipinski definition) is 1. The van der Waals surface area contributed by atoms with E-state index in [-0.39, 0.29) is 5.91 Å². The predicted octanol–water partition coefficient (Wildman–Crippen LogP) is 4.02. The number of benzene rings is 2. The molecule has 0 bridgehead atoms. The Bertz CT molecular complexity index is 1550. The Balaban J connectivity index is 1.52. The highest BCUT2D eigenvalue weighted by atomic mass is 16.4. The summed E-state index contributed by atoms with van der Waals surface area (Å²) >= 11 is 0. The molecule has 0 aliphatic rings. The summed E-state index contributed by atoms with van der Waals surface area (Å²) in [7, 11) is 3.88. The van der Waals surface area contributed by atoms with Gasteiger partial charge in [-0.3, -0.25) is 14.3 Å². The van der Waals surface area contributed by atoms with Gasteiger partial charge in [-0.1, -0.05) is 18.2 Å². The number of aromatic nitrogens is 3. The van der Waals surface area contributed by atoms with Crippen LogP contribution in [-0.4, -0.2) is 46.0 Å². The lowest BCUT2D eigenvalue weighted by molar-refractivity contribution is 0.102. The molecule has 1 N–H and O–H groups in total. The van der Waals surface area contributed by atoms with Gasteiger partial charge in [-0.05, 0) is 56.6 Å². The number of rotatable bonds is 6. The van der Waals surface area contributed by atoms with Crippen LogP contribution in [0.3, 0.4) is 0 Å². The van der Waals surface area contributed by atoms with Crippen LogP contribution in [-0.2, 0) is 6.54 Å². The number of pyridine rings is 2. The third kappa shape index (κ3) is 4.18. The third-order valence-electron chi connectivity index (χ3n) is 5.61. The van der Waals surface area contributed by atoms with Gasteiger partial charge < -0.3 is 14.6 Å². The molecule has 0 fully saturated rings. The summed E-state index contributed by atoms with van der Waals surface area (Å²) in [5.41, 5.74) is 4.40. The van der Waals surface area contributed by atoms with Crippen molar-refractivity contribution in [2.45, 2.75) is 6.54 Å². The molecule has 0 aliphatic heterocycles. The van der Waals surface area contributed by atoms with E-state index in [9.17, 15) is 9.59 Å². The maximum absolute atomic E-state index is 13.4. The Hall–Kier alpha value is -4.30. The van der Waals surface area contributed by atoms with Crippen LogP contribution in [0.2, 0.25) is 0 Å². The van der Waals surface area contributed by atoms with E-state index in [0.717, 1.165) is 16.5 Å². The summed E-state index contributed by atoms with van der Waals surface area (Å²) in [5.74, 6) is -0.685. The van der Waals surface area contributed by atoms with Crippen LogP contribution in [0.25, 0.3) is 33.3 Å². The van der Waals surface area contributed by atoms with Crippen molar-refractivity contribution >= 4 is 33.6 Å². The van der Waals surface area contributed by atoms with Gasteiger partial charge in [-0.15, -0.1) is 0 Å². The Kier molecular flexibility index (Phi) is 5.65. The van der Waals surface area contributed by atoms with E-state index in [0.29, 0.717) is 41.1 Å². The molecule has 0 saturated heterocycles. The number of likely N-dealkylation sites (N-methyl/N-ethyl adjacent to an activating group) is 1. The average molecular weight is 454 g/mol. The van der Waals surface area contributed by atoms with Gasteiger partial charge in [0.25, 0.3) is 5.91 Å². The summed E-state index contributed by atoms with van der Waals surface area (Å²) in [6.07, 6.45) is 3.42. The summed E-state index contributed by atoms with van der Waals surface area (Å²) in [5, 5.41) is 3.72. The molecular formula is C26H23N5O3. The van der Waals surface area contributed by atoms with E-state index in [1.165, 1.54) is 0 Å². The molecular weight excluding hydrogens is 430 g/mol. The summed E-state index contributed by atoms with van der Waals surface area (Å²) in [6.45, 7) is 1.17. The van der Waals surface area contributed by atoms with Crippen molar-refractivity contribution in [3.05, 3.63) is 89.2 Å². The zero-order valence-corrected chi connectivity index (χ0v) is 18.9. The fourth-order valence-corrected chi connectivity index (χ4v) is 3.88. The molecule has 0 radical (unpaired) electrons. The maximum atomic E-state index is 13.4. The maximum Gasteiger partial charge on any atom is 0.419 e. The smallest absolute Gasteiger partial charge is 0.408 e. The molecule has 8 heteroatoms. The molecule has 2 aromatic carbocycles. The molecule has 170 valence electrons. The normalized spacial score (nSPS) is 11.4. The molecule has 0 saturated carbocycles. The van der Waals surface area contributed by atoms with E-state index in [4.69, 9.17) is 9.40 Å². The van der Waals surface area contributed by atoms with Crippen LogP contribution in [0, 0.1) is 0 Å². The second-order valence-electron chi connectivity index (χ2n) is 8.27. The average Bonchev–Trinajstić information content (AvgIpc) is 3.16. The number of nitrogens with one attached hydrogen (secondary N) is 1. The zero-order chi connectivity index (χ0) is 23.7. The van der Waals surface area contributed by atoms with E-state index in [1.54, 1.807) is 41.2 Å². The fraction of sp³-hybridized carbons (Fsp3) is 0.154. The first kappa shape index (κ1) is 21.5. The largest absolute Gasteiger partial charge is 0.419 e. The summed E-state index contributed by atoms with van der Waals surface area (Å²) in [6, 6.07) is 18.2. The standard InChI is InChI=1S/C26H23N5O3/c1-30(2)12-13-31-23-14-18(9-10-24(23)34-26(31)33)28-25(32)20-15-22(17-6-5-11-27-16-17)29-21-8-4-3-7-19(20)21/h3-11,14-16H,12-13H2,1-2H3,(H,28,32). The van der Waals surface area contributed by atoms with Gasteiger partial charge in [0.05, 0.1) is 22.3 Å². The highest BCUT2D eigenvalue weighted by Crippen LogP contribution is 2.26. The van der Waals surface area contributed by atoms with Crippen LogP contribution in [0.5, 0.6) is 0 Å². The van der Waals surface area contributed by atoms with Gasteiger partial charge >= 0.3 is 5.76 Å². The minimum atomic E-state index is -0.415. The molecule has 8 nitrogen and oxygen atoms in total. The number of anilines is 1. The highest BCUT2D eigenvalue weighted by molar-refractivity contribution is 6.13. The molecule has 0 spiro atoms. The van der Waals surface area contributed by atoms with Gasteiger partial charge in [-0.25, -0.2) is 9.78 Å². The van der Waals surface area contributed by atoms with Crippen molar-refractivity contribution in [3.8, 4) is 11.3 Å². The van der Waals surface area contributed by atoms with E-state index in [1.807, 2.05) is 55.4 Å². The molecule has 0 aliphatic carbocycles. The van der Waals surface area contributed by atoms with E-state index in [2.05, 4.69) is 10.3 Å². The molecule has 0 unspecified atom stereocenters. The minimum absolute atomic E-state index is 0.270. The number of hydrogen-bond acceptors (Lipinski definition) is 6. The molecule has 5 aromatic rings. The van der Waals surface area contributed by atoms with Crippen molar-refractivity contribution in [1.29, 1.82) is 0 Å². The Morgan fingerprint density at radius 1 is 1.09 bits per heavy atom. The monoisotopic (exact) mass is 453 g/mol. The number of nitrogens with zero attached hydrogens (tertiary/aromatic N) is 4. The lowest BCUT2D eigenvalue weighted by Gasteiger charge is -2.11. The van der Waals surface area contributed by atoms with E-state index < -0.39 is 5.76 Å². The zero-order valence-electron chi connectivity index (χ0n) is 18.9. The molecule has 0 atom stereocenters. The number of fused-ring (bicyclic) bond motifs is 2. The third-order valence-corrected chi connectivity index (χ3v) is 5.61. The number of oxazole rings is 1. The van der Waals surface area contributed by atoms with Gasteiger partial charge in [0, 0.05) is 42.1 Å². The topological polar surface area (TPSA) is 93.3 Å². The first-order chi connectivity index (χ1) is 16.5. The molecule has 1 amide bonds. The van der Waals surface area contributed by atoms with Crippen LogP contribution < -0.4 is 11.1 Å². The lowest BCUT2D eigenvalue weighted by atomic mass is 10.0. The van der Waals surface area contributed by atoms with Gasteiger partial charge in [0.1, 0.15) is 0 Å². The molecule has 34 heavy (non-hydrogen) atoms. The molecule has 3 heterocycles. The van der Waals surface area contributed by atoms with Crippen molar-refractivity contribution in [2.75, 3.05) is 26.0 Å². The second-order valence-corrected chi connectivity index (χ2v) is 8.27. The van der Waals surface area contributed by atoms with Crippen molar-refractivity contribution in [1.82, 2.24) is 19.4 Å². The molecule has 3 aromatic heterocycles. The van der Waals surface area contributed by atoms with Crippen molar-refractivity contribution in [2.24, 2.45) is 0 Å². The van der Waals surface area contributed by atoms with Crippen molar-refractivity contribution < 1.29 is 9.21 Å². The summed E-state index contributed by atoms with van der Waals surface area (Å²) in [4.78, 5) is 36.6. The minimum Gasteiger partial charge on any atom is -0.408 e. The molecule has 5 rings (SSSR count). The number of carbonyl (C=O) groups is 1. The van der Waals surface area contributed by atoms with Crippen LogP contribution in [0.1, 0.15) is 10.4 Å². The van der Waals surface area contributed by atoms with Gasteiger partial charge in [0.15, 0.2) is 5.58 Å². The van der Waals surface area contributed by atoms with Crippen LogP contribution >= 0.6 is 0 Å². The first-order valence-corrected chi connectivity index (χ1v) is 10.9. The highest BCUT2D eigenvalue weighted by Gasteiger charge is 2.16. The predicted molar refractivity (Wildman–Crippen MR) is 132 cm³/mol. The summed E-state index contributed by atoms with van der Waals surface area (Å²) < 4.78 is 6.94. The van der Waals surface area contributed by atoms with E-state index >= 15 is 0 Å². The Labute approximate surface area is 195 Å². The van der Waals surface area contributed by atoms with Crippen LogP contribution in [0.4, 0.5) is 5.69 Å². The quantitative estimate of drug-likeness (QED) is 0.417.